The monoisotopic (exact) mass is 342 g/mol. The quantitative estimate of drug-likeness (QED) is 0.456. The second-order valence-corrected chi connectivity index (χ2v) is 4.89. The lowest BCUT2D eigenvalue weighted by Gasteiger charge is -2.09. The van der Waals surface area contributed by atoms with Crippen molar-refractivity contribution in [1.29, 1.82) is 0 Å². The van der Waals surface area contributed by atoms with Gasteiger partial charge in [0.25, 0.3) is 0 Å². The van der Waals surface area contributed by atoms with Crippen LogP contribution >= 0.6 is 0 Å². The fourth-order valence-electron chi connectivity index (χ4n) is 2.05. The first-order valence-corrected chi connectivity index (χ1v) is 7.37. The zero-order valence-electron chi connectivity index (χ0n) is 14.1. The van der Waals surface area contributed by atoms with Crippen LogP contribution < -0.4 is 14.2 Å². The Balaban J connectivity index is 2.11. The molecule has 0 aliphatic heterocycles. The molecule has 0 atom stereocenters. The van der Waals surface area contributed by atoms with Crippen LogP contribution in [0.3, 0.4) is 0 Å². The number of benzene rings is 2. The SMILES string of the molecule is COC(=O)c1ccc(OC(=O)/C=C/c2cccc(OC)c2)c(OC)c1. The maximum absolute atomic E-state index is 12.0. The first-order valence-electron chi connectivity index (χ1n) is 7.37. The zero-order valence-corrected chi connectivity index (χ0v) is 14.1. The summed E-state index contributed by atoms with van der Waals surface area (Å²) in [5.41, 5.74) is 1.09. The zero-order chi connectivity index (χ0) is 18.2. The van der Waals surface area contributed by atoms with Gasteiger partial charge in [-0.3, -0.25) is 0 Å². The number of rotatable bonds is 6. The van der Waals surface area contributed by atoms with E-state index in [9.17, 15) is 9.59 Å². The van der Waals surface area contributed by atoms with Gasteiger partial charge in [0.15, 0.2) is 11.5 Å². The Bertz CT molecular complexity index is 794. The van der Waals surface area contributed by atoms with E-state index in [-0.39, 0.29) is 11.5 Å². The number of carbonyl (C=O) groups is 2. The standard InChI is InChI=1S/C19H18O6/c1-22-15-6-4-5-13(11-15)7-10-18(20)25-16-9-8-14(19(21)24-3)12-17(16)23-2/h4-12H,1-3H3/b10-7+. The van der Waals surface area contributed by atoms with Gasteiger partial charge in [-0.25, -0.2) is 9.59 Å². The minimum absolute atomic E-state index is 0.204. The Labute approximate surface area is 145 Å². The van der Waals surface area contributed by atoms with Crippen molar-refractivity contribution < 1.29 is 28.5 Å². The van der Waals surface area contributed by atoms with Crippen LogP contribution in [0.5, 0.6) is 17.2 Å². The number of hydrogen-bond acceptors (Lipinski definition) is 6. The fourth-order valence-corrected chi connectivity index (χ4v) is 2.05. The Hall–Kier alpha value is -3.28. The summed E-state index contributed by atoms with van der Waals surface area (Å²) in [6.07, 6.45) is 2.91. The molecule has 0 spiro atoms. The van der Waals surface area contributed by atoms with Crippen LogP contribution in [-0.2, 0) is 9.53 Å². The van der Waals surface area contributed by atoms with E-state index in [0.717, 1.165) is 5.56 Å². The summed E-state index contributed by atoms with van der Waals surface area (Å²) in [5.74, 6) is 0.0677. The molecule has 2 aromatic carbocycles. The van der Waals surface area contributed by atoms with Gasteiger partial charge >= 0.3 is 11.9 Å². The van der Waals surface area contributed by atoms with E-state index in [4.69, 9.17) is 14.2 Å². The molecule has 0 N–H and O–H groups in total. The van der Waals surface area contributed by atoms with Gasteiger partial charge in [-0.05, 0) is 42.0 Å². The Morgan fingerprint density at radius 1 is 0.920 bits per heavy atom. The van der Waals surface area contributed by atoms with Crippen LogP contribution in [0.4, 0.5) is 0 Å². The molecule has 0 aromatic heterocycles. The lowest BCUT2D eigenvalue weighted by molar-refractivity contribution is -0.129. The molecule has 0 saturated heterocycles. The van der Waals surface area contributed by atoms with E-state index in [1.807, 2.05) is 18.2 Å². The van der Waals surface area contributed by atoms with Gasteiger partial charge in [-0.2, -0.15) is 0 Å². The molecule has 2 rings (SSSR count). The van der Waals surface area contributed by atoms with E-state index in [1.165, 1.54) is 38.5 Å². The summed E-state index contributed by atoms with van der Waals surface area (Å²) in [6, 6.07) is 11.7. The van der Waals surface area contributed by atoms with Gasteiger partial charge in [0.05, 0.1) is 26.9 Å². The smallest absolute Gasteiger partial charge is 0.337 e. The normalized spacial score (nSPS) is 10.4. The van der Waals surface area contributed by atoms with Crippen LogP contribution in [0.15, 0.2) is 48.5 Å². The molecule has 6 nitrogen and oxygen atoms in total. The van der Waals surface area contributed by atoms with Gasteiger partial charge in [0, 0.05) is 6.08 Å². The van der Waals surface area contributed by atoms with Crippen molar-refractivity contribution >= 4 is 18.0 Å². The molecule has 0 saturated carbocycles. The number of hydrogen-bond donors (Lipinski definition) is 0. The average Bonchev–Trinajstić information content (AvgIpc) is 2.66. The summed E-state index contributed by atoms with van der Waals surface area (Å²) >= 11 is 0. The molecule has 25 heavy (non-hydrogen) atoms. The molecule has 0 amide bonds. The summed E-state index contributed by atoms with van der Waals surface area (Å²) in [5, 5.41) is 0. The molecular formula is C19H18O6. The van der Waals surface area contributed by atoms with Gasteiger partial charge in [0.2, 0.25) is 0 Å². The van der Waals surface area contributed by atoms with Crippen molar-refractivity contribution in [3.8, 4) is 17.2 Å². The van der Waals surface area contributed by atoms with Crippen molar-refractivity contribution in [2.45, 2.75) is 0 Å². The molecule has 0 unspecified atom stereocenters. The molecule has 0 heterocycles. The maximum Gasteiger partial charge on any atom is 0.337 e. The molecule has 0 aliphatic carbocycles. The van der Waals surface area contributed by atoms with E-state index >= 15 is 0 Å². The van der Waals surface area contributed by atoms with E-state index in [0.29, 0.717) is 11.3 Å². The van der Waals surface area contributed by atoms with Crippen LogP contribution in [0.25, 0.3) is 6.08 Å². The van der Waals surface area contributed by atoms with Crippen LogP contribution in [-0.4, -0.2) is 33.3 Å². The van der Waals surface area contributed by atoms with Gasteiger partial charge in [-0.1, -0.05) is 12.1 Å². The number of methoxy groups -OCH3 is 3. The molecule has 0 bridgehead atoms. The highest BCUT2D eigenvalue weighted by atomic mass is 16.6. The molecule has 0 radical (unpaired) electrons. The Morgan fingerprint density at radius 2 is 1.72 bits per heavy atom. The predicted molar refractivity (Wildman–Crippen MR) is 92.0 cm³/mol. The number of esters is 2. The third kappa shape index (κ3) is 4.84. The van der Waals surface area contributed by atoms with Crippen molar-refractivity contribution in [2.24, 2.45) is 0 Å². The third-order valence-electron chi connectivity index (χ3n) is 3.30. The summed E-state index contributed by atoms with van der Waals surface area (Å²) in [7, 11) is 4.27. The van der Waals surface area contributed by atoms with Crippen LogP contribution in [0.2, 0.25) is 0 Å². The summed E-state index contributed by atoms with van der Waals surface area (Å²) < 4.78 is 20.2. The van der Waals surface area contributed by atoms with Crippen molar-refractivity contribution in [2.75, 3.05) is 21.3 Å². The number of ether oxygens (including phenoxy) is 4. The highest BCUT2D eigenvalue weighted by molar-refractivity contribution is 5.91. The molecule has 0 fully saturated rings. The third-order valence-corrected chi connectivity index (χ3v) is 3.30. The van der Waals surface area contributed by atoms with Gasteiger partial charge in [-0.15, -0.1) is 0 Å². The molecule has 130 valence electrons. The number of carbonyl (C=O) groups excluding carboxylic acids is 2. The van der Waals surface area contributed by atoms with Crippen LogP contribution in [0, 0.1) is 0 Å². The predicted octanol–water partition coefficient (Wildman–Crippen LogP) is 3.11. The molecule has 2 aromatic rings. The van der Waals surface area contributed by atoms with Crippen molar-refractivity contribution in [3.05, 3.63) is 59.7 Å². The van der Waals surface area contributed by atoms with E-state index in [2.05, 4.69) is 4.74 Å². The Morgan fingerprint density at radius 3 is 2.40 bits per heavy atom. The minimum atomic E-state index is -0.577. The molecule has 6 heteroatoms. The Kier molecular flexibility index (Phi) is 6.17. The fraction of sp³-hybridized carbons (Fsp3) is 0.158. The van der Waals surface area contributed by atoms with Crippen molar-refractivity contribution in [1.82, 2.24) is 0 Å². The van der Waals surface area contributed by atoms with E-state index < -0.39 is 11.9 Å². The van der Waals surface area contributed by atoms with Crippen LogP contribution in [0.1, 0.15) is 15.9 Å². The van der Waals surface area contributed by atoms with Gasteiger partial charge in [0.1, 0.15) is 5.75 Å². The van der Waals surface area contributed by atoms with E-state index in [1.54, 1.807) is 19.3 Å². The lowest BCUT2D eigenvalue weighted by Crippen LogP contribution is -2.07. The highest BCUT2D eigenvalue weighted by Crippen LogP contribution is 2.28. The first kappa shape index (κ1) is 18.1. The largest absolute Gasteiger partial charge is 0.497 e. The summed E-state index contributed by atoms with van der Waals surface area (Å²) in [6.45, 7) is 0. The highest BCUT2D eigenvalue weighted by Gasteiger charge is 2.13. The topological polar surface area (TPSA) is 71.1 Å². The second-order valence-electron chi connectivity index (χ2n) is 4.89. The summed E-state index contributed by atoms with van der Waals surface area (Å²) in [4.78, 5) is 23.5. The minimum Gasteiger partial charge on any atom is -0.497 e. The first-order chi connectivity index (χ1) is 12.1. The second kappa shape index (κ2) is 8.54. The lowest BCUT2D eigenvalue weighted by atomic mass is 10.2. The molecule has 0 aliphatic rings. The van der Waals surface area contributed by atoms with Gasteiger partial charge < -0.3 is 18.9 Å². The maximum atomic E-state index is 12.0. The molecular weight excluding hydrogens is 324 g/mol. The average molecular weight is 342 g/mol. The van der Waals surface area contributed by atoms with Crippen molar-refractivity contribution in [3.63, 3.8) is 0 Å².